The van der Waals surface area contributed by atoms with E-state index in [2.05, 4.69) is 29.0 Å². The summed E-state index contributed by atoms with van der Waals surface area (Å²) in [6.07, 6.45) is 6.15. The number of hydrogen-bond donors (Lipinski definition) is 1. The molecule has 0 aromatic heterocycles. The van der Waals surface area contributed by atoms with Gasteiger partial charge in [0, 0.05) is 18.6 Å². The lowest BCUT2D eigenvalue weighted by molar-refractivity contribution is -0.133. The van der Waals surface area contributed by atoms with Crippen molar-refractivity contribution >= 4 is 5.91 Å². The van der Waals surface area contributed by atoms with Gasteiger partial charge in [0.05, 0.1) is 12.2 Å². The van der Waals surface area contributed by atoms with E-state index < -0.39 is 0 Å². The molecule has 0 bridgehead atoms. The van der Waals surface area contributed by atoms with Crippen LogP contribution in [0.1, 0.15) is 46.0 Å². The Hall–Kier alpha value is -0.610. The number of nitrogens with zero attached hydrogens (tertiary/aromatic N) is 2. The van der Waals surface area contributed by atoms with Crippen LogP contribution in [0.15, 0.2) is 0 Å². The lowest BCUT2D eigenvalue weighted by Gasteiger charge is -2.40. The zero-order chi connectivity index (χ0) is 12.7. The number of hydrogen-bond acceptors (Lipinski definition) is 3. The van der Waals surface area contributed by atoms with E-state index in [1.165, 1.54) is 32.4 Å². The SMILES string of the molecule is CCC1NC(C)N(C2CCN3CCCC3C2)C1=O. The van der Waals surface area contributed by atoms with Crippen LogP contribution in [0.4, 0.5) is 0 Å². The van der Waals surface area contributed by atoms with Crippen LogP contribution in [-0.4, -0.2) is 53.1 Å². The average Bonchev–Trinajstić information content (AvgIpc) is 2.93. The minimum absolute atomic E-state index is 0.0570. The summed E-state index contributed by atoms with van der Waals surface area (Å²) in [4.78, 5) is 17.1. The molecular weight excluding hydrogens is 226 g/mol. The fourth-order valence-corrected chi connectivity index (χ4v) is 4.06. The smallest absolute Gasteiger partial charge is 0.241 e. The van der Waals surface area contributed by atoms with Crippen LogP contribution in [0.2, 0.25) is 0 Å². The number of rotatable bonds is 2. The normalized spacial score (nSPS) is 41.4. The van der Waals surface area contributed by atoms with Gasteiger partial charge in [0.2, 0.25) is 5.91 Å². The molecule has 18 heavy (non-hydrogen) atoms. The van der Waals surface area contributed by atoms with Gasteiger partial charge in [-0.2, -0.15) is 0 Å². The highest BCUT2D eigenvalue weighted by molar-refractivity contribution is 5.84. The Morgan fingerprint density at radius 3 is 2.83 bits per heavy atom. The largest absolute Gasteiger partial charge is 0.323 e. The van der Waals surface area contributed by atoms with E-state index in [0.717, 1.165) is 18.9 Å². The second-order valence-electron chi connectivity index (χ2n) is 6.06. The number of piperidine rings is 1. The molecule has 0 aromatic rings. The first-order valence-electron chi connectivity index (χ1n) is 7.53. The summed E-state index contributed by atoms with van der Waals surface area (Å²) >= 11 is 0. The summed E-state index contributed by atoms with van der Waals surface area (Å²) in [6.45, 7) is 6.68. The Kier molecular flexibility index (Phi) is 3.32. The third kappa shape index (κ3) is 1.95. The lowest BCUT2D eigenvalue weighted by Crippen LogP contribution is -2.51. The van der Waals surface area contributed by atoms with Gasteiger partial charge >= 0.3 is 0 Å². The predicted molar refractivity (Wildman–Crippen MR) is 71.1 cm³/mol. The number of carbonyl (C=O) groups excluding carboxylic acids is 1. The molecule has 0 aliphatic carbocycles. The minimum atomic E-state index is 0.0570. The van der Waals surface area contributed by atoms with E-state index in [1.54, 1.807) is 0 Å². The second kappa shape index (κ2) is 4.82. The van der Waals surface area contributed by atoms with Crippen molar-refractivity contribution in [1.82, 2.24) is 15.1 Å². The van der Waals surface area contributed by atoms with Gasteiger partial charge in [0.15, 0.2) is 0 Å². The zero-order valence-corrected chi connectivity index (χ0v) is 11.6. The van der Waals surface area contributed by atoms with E-state index in [0.29, 0.717) is 11.9 Å². The first kappa shape index (κ1) is 12.4. The van der Waals surface area contributed by atoms with Crippen molar-refractivity contribution in [2.75, 3.05) is 13.1 Å². The molecule has 3 aliphatic heterocycles. The van der Waals surface area contributed by atoms with Gasteiger partial charge < -0.3 is 9.80 Å². The summed E-state index contributed by atoms with van der Waals surface area (Å²) in [5, 5.41) is 3.42. The molecule has 3 fully saturated rings. The van der Waals surface area contributed by atoms with Crippen molar-refractivity contribution < 1.29 is 4.79 Å². The summed E-state index contributed by atoms with van der Waals surface area (Å²) in [5.74, 6) is 0.335. The van der Waals surface area contributed by atoms with E-state index in [-0.39, 0.29) is 12.2 Å². The van der Waals surface area contributed by atoms with Crippen LogP contribution in [0, 0.1) is 0 Å². The van der Waals surface area contributed by atoms with Gasteiger partial charge in [-0.05, 0) is 45.6 Å². The van der Waals surface area contributed by atoms with Crippen molar-refractivity contribution in [2.45, 2.75) is 70.2 Å². The maximum atomic E-state index is 12.4. The first-order chi connectivity index (χ1) is 8.70. The second-order valence-corrected chi connectivity index (χ2v) is 6.06. The molecule has 4 heteroatoms. The summed E-state index contributed by atoms with van der Waals surface area (Å²) in [5.41, 5.74) is 0. The zero-order valence-electron chi connectivity index (χ0n) is 11.6. The van der Waals surface area contributed by atoms with Gasteiger partial charge in [0.25, 0.3) is 0 Å². The Labute approximate surface area is 110 Å². The molecule has 0 saturated carbocycles. The average molecular weight is 251 g/mol. The van der Waals surface area contributed by atoms with Gasteiger partial charge in [-0.15, -0.1) is 0 Å². The Balaban J connectivity index is 1.69. The molecule has 4 atom stereocenters. The third-order valence-electron chi connectivity index (χ3n) is 5.01. The molecule has 0 aromatic carbocycles. The molecule has 3 aliphatic rings. The quantitative estimate of drug-likeness (QED) is 0.800. The van der Waals surface area contributed by atoms with Crippen molar-refractivity contribution in [3.05, 3.63) is 0 Å². The maximum Gasteiger partial charge on any atom is 0.241 e. The minimum Gasteiger partial charge on any atom is -0.323 e. The highest BCUT2D eigenvalue weighted by atomic mass is 16.2. The van der Waals surface area contributed by atoms with E-state index in [9.17, 15) is 4.79 Å². The van der Waals surface area contributed by atoms with Crippen molar-refractivity contribution in [3.8, 4) is 0 Å². The number of nitrogens with one attached hydrogen (secondary N) is 1. The first-order valence-corrected chi connectivity index (χ1v) is 7.53. The molecule has 3 rings (SSSR count). The van der Waals surface area contributed by atoms with Crippen LogP contribution in [0.3, 0.4) is 0 Å². The van der Waals surface area contributed by atoms with Crippen LogP contribution < -0.4 is 5.32 Å². The highest BCUT2D eigenvalue weighted by Crippen LogP contribution is 2.31. The van der Waals surface area contributed by atoms with Crippen LogP contribution in [0.5, 0.6) is 0 Å². The molecule has 1 amide bonds. The summed E-state index contributed by atoms with van der Waals surface area (Å²) < 4.78 is 0. The lowest BCUT2D eigenvalue weighted by atomic mass is 9.96. The molecule has 102 valence electrons. The predicted octanol–water partition coefficient (Wildman–Crippen LogP) is 1.17. The fourth-order valence-electron chi connectivity index (χ4n) is 4.06. The molecule has 4 nitrogen and oxygen atoms in total. The van der Waals surface area contributed by atoms with Crippen LogP contribution >= 0.6 is 0 Å². The molecule has 3 saturated heterocycles. The van der Waals surface area contributed by atoms with Crippen molar-refractivity contribution in [2.24, 2.45) is 0 Å². The van der Waals surface area contributed by atoms with Gasteiger partial charge in [-0.3, -0.25) is 10.1 Å². The Morgan fingerprint density at radius 2 is 2.11 bits per heavy atom. The fraction of sp³-hybridized carbons (Fsp3) is 0.929. The molecular formula is C14H25N3O. The van der Waals surface area contributed by atoms with E-state index in [1.807, 2.05) is 0 Å². The van der Waals surface area contributed by atoms with E-state index >= 15 is 0 Å². The topological polar surface area (TPSA) is 35.6 Å². The van der Waals surface area contributed by atoms with Crippen LogP contribution in [0.25, 0.3) is 0 Å². The van der Waals surface area contributed by atoms with E-state index in [4.69, 9.17) is 0 Å². The maximum absolute atomic E-state index is 12.4. The molecule has 3 heterocycles. The standard InChI is InChI=1S/C14H25N3O/c1-3-13-14(18)17(10(2)15-13)12-6-8-16-7-4-5-11(16)9-12/h10-13,15H,3-9H2,1-2H3. The highest BCUT2D eigenvalue weighted by Gasteiger charge is 2.42. The molecule has 1 N–H and O–H groups in total. The van der Waals surface area contributed by atoms with Gasteiger partial charge in [-0.1, -0.05) is 6.92 Å². The number of amides is 1. The van der Waals surface area contributed by atoms with Crippen molar-refractivity contribution in [1.29, 1.82) is 0 Å². The molecule has 4 unspecified atom stereocenters. The monoisotopic (exact) mass is 251 g/mol. The van der Waals surface area contributed by atoms with Gasteiger partial charge in [-0.25, -0.2) is 0 Å². The number of fused-ring (bicyclic) bond motifs is 1. The third-order valence-corrected chi connectivity index (χ3v) is 5.01. The Bertz CT molecular complexity index is 333. The number of carbonyl (C=O) groups is 1. The molecule has 0 spiro atoms. The van der Waals surface area contributed by atoms with Gasteiger partial charge in [0.1, 0.15) is 0 Å². The molecule has 0 radical (unpaired) electrons. The Morgan fingerprint density at radius 1 is 1.28 bits per heavy atom. The van der Waals surface area contributed by atoms with Crippen LogP contribution in [-0.2, 0) is 4.79 Å². The summed E-state index contributed by atoms with van der Waals surface area (Å²) in [7, 11) is 0. The van der Waals surface area contributed by atoms with Crippen molar-refractivity contribution in [3.63, 3.8) is 0 Å². The summed E-state index contributed by atoms with van der Waals surface area (Å²) in [6, 6.07) is 1.27.